The molecule has 3 rings (SSSR count). The molecule has 2 heterocycles. The molecule has 0 radical (unpaired) electrons. The number of benzene rings is 1. The van der Waals surface area contributed by atoms with Crippen molar-refractivity contribution in [1.29, 1.82) is 0 Å². The summed E-state index contributed by atoms with van der Waals surface area (Å²) in [5.74, 6) is -0.280. The fourth-order valence-corrected chi connectivity index (χ4v) is 2.55. The van der Waals surface area contributed by atoms with E-state index in [1.807, 2.05) is 35.7 Å². The van der Waals surface area contributed by atoms with Gasteiger partial charge in [0.2, 0.25) is 5.91 Å². The number of carbonyl (C=O) groups excluding carboxylic acids is 1. The molecule has 0 saturated heterocycles. The van der Waals surface area contributed by atoms with E-state index in [1.165, 1.54) is 6.07 Å². The molecule has 1 aromatic carbocycles. The van der Waals surface area contributed by atoms with Crippen LogP contribution >= 0.6 is 0 Å². The van der Waals surface area contributed by atoms with Crippen LogP contribution in [0, 0.1) is 17.0 Å². The molecule has 24 heavy (non-hydrogen) atoms. The summed E-state index contributed by atoms with van der Waals surface area (Å²) in [5.41, 5.74) is 2.96. The number of nitro benzene ring substituents is 1. The normalized spacial score (nSPS) is 10.7. The van der Waals surface area contributed by atoms with Gasteiger partial charge in [-0.05, 0) is 19.1 Å². The van der Waals surface area contributed by atoms with Crippen LogP contribution in [0.5, 0.6) is 0 Å². The molecule has 0 unspecified atom stereocenters. The highest BCUT2D eigenvalue weighted by Gasteiger charge is 2.15. The summed E-state index contributed by atoms with van der Waals surface area (Å²) in [5, 5.41) is 13.7. The molecule has 3 aromatic rings. The van der Waals surface area contributed by atoms with Gasteiger partial charge in [-0.25, -0.2) is 4.98 Å². The van der Waals surface area contributed by atoms with Crippen LogP contribution in [-0.4, -0.2) is 20.2 Å². The van der Waals surface area contributed by atoms with Gasteiger partial charge < -0.3 is 9.72 Å². The van der Waals surface area contributed by atoms with Crippen molar-refractivity contribution in [3.05, 3.63) is 75.7 Å². The molecule has 2 aromatic heterocycles. The Morgan fingerprint density at radius 1 is 1.25 bits per heavy atom. The maximum Gasteiger partial charge on any atom is 0.273 e. The molecule has 0 saturated carbocycles. The Morgan fingerprint density at radius 2 is 2.04 bits per heavy atom. The van der Waals surface area contributed by atoms with Crippen molar-refractivity contribution in [2.24, 2.45) is 0 Å². The van der Waals surface area contributed by atoms with Crippen molar-refractivity contribution in [3.63, 3.8) is 0 Å². The van der Waals surface area contributed by atoms with E-state index in [4.69, 9.17) is 0 Å². The van der Waals surface area contributed by atoms with Crippen LogP contribution in [0.15, 0.2) is 48.7 Å². The van der Waals surface area contributed by atoms with Gasteiger partial charge in [0.15, 0.2) is 0 Å². The number of nitro groups is 1. The minimum absolute atomic E-state index is 0.0381. The average Bonchev–Trinajstić information content (AvgIpc) is 2.98. The Bertz CT molecular complexity index is 917. The SMILES string of the molecule is Cc1cccc2nc(CNC(=O)Cc3ccccc3[N+](=O)[O-])cn12. The standard InChI is InChI=1S/C17H16N4O3/c1-12-5-4-8-16-19-14(11-20(12)16)10-18-17(22)9-13-6-2-3-7-15(13)21(23)24/h2-8,11H,9-10H2,1H3,(H,18,22). The minimum Gasteiger partial charge on any atom is -0.350 e. The molecular formula is C17H16N4O3. The molecular weight excluding hydrogens is 308 g/mol. The lowest BCUT2D eigenvalue weighted by atomic mass is 10.1. The molecule has 7 nitrogen and oxygen atoms in total. The summed E-state index contributed by atoms with van der Waals surface area (Å²) in [6.45, 7) is 2.26. The van der Waals surface area contributed by atoms with Gasteiger partial charge in [0, 0.05) is 23.5 Å². The summed E-state index contributed by atoms with van der Waals surface area (Å²) in [4.78, 5) is 27.0. The number of hydrogen-bond donors (Lipinski definition) is 1. The van der Waals surface area contributed by atoms with Crippen molar-refractivity contribution >= 4 is 17.2 Å². The van der Waals surface area contributed by atoms with Crippen LogP contribution in [0.1, 0.15) is 17.0 Å². The van der Waals surface area contributed by atoms with Gasteiger partial charge in [0.1, 0.15) is 5.65 Å². The number of nitrogens with one attached hydrogen (secondary N) is 1. The highest BCUT2D eigenvalue weighted by molar-refractivity contribution is 5.79. The van der Waals surface area contributed by atoms with Crippen molar-refractivity contribution in [1.82, 2.24) is 14.7 Å². The van der Waals surface area contributed by atoms with Gasteiger partial charge in [0.05, 0.1) is 23.6 Å². The second kappa shape index (κ2) is 6.49. The molecule has 1 amide bonds. The summed E-state index contributed by atoms with van der Waals surface area (Å²) >= 11 is 0. The molecule has 0 fully saturated rings. The number of aromatic nitrogens is 2. The van der Waals surface area contributed by atoms with Crippen LogP contribution in [0.25, 0.3) is 5.65 Å². The largest absolute Gasteiger partial charge is 0.350 e. The zero-order valence-electron chi connectivity index (χ0n) is 13.1. The van der Waals surface area contributed by atoms with Crippen LogP contribution < -0.4 is 5.32 Å². The van der Waals surface area contributed by atoms with E-state index in [0.29, 0.717) is 5.56 Å². The lowest BCUT2D eigenvalue weighted by molar-refractivity contribution is -0.385. The summed E-state index contributed by atoms with van der Waals surface area (Å²) in [7, 11) is 0. The third-order valence-electron chi connectivity index (χ3n) is 3.75. The smallest absolute Gasteiger partial charge is 0.273 e. The van der Waals surface area contributed by atoms with Crippen LogP contribution in [-0.2, 0) is 17.8 Å². The molecule has 0 spiro atoms. The van der Waals surface area contributed by atoms with Crippen molar-refractivity contribution in [3.8, 4) is 0 Å². The van der Waals surface area contributed by atoms with Crippen molar-refractivity contribution in [2.45, 2.75) is 19.9 Å². The lowest BCUT2D eigenvalue weighted by Gasteiger charge is -2.04. The predicted molar refractivity (Wildman–Crippen MR) is 88.6 cm³/mol. The number of para-hydroxylation sites is 1. The molecule has 7 heteroatoms. The number of aryl methyl sites for hydroxylation is 1. The molecule has 0 aliphatic carbocycles. The highest BCUT2D eigenvalue weighted by atomic mass is 16.6. The molecule has 1 N–H and O–H groups in total. The third-order valence-corrected chi connectivity index (χ3v) is 3.75. The average molecular weight is 324 g/mol. The zero-order valence-corrected chi connectivity index (χ0v) is 13.1. The molecule has 0 atom stereocenters. The van der Waals surface area contributed by atoms with Crippen LogP contribution in [0.4, 0.5) is 5.69 Å². The van der Waals surface area contributed by atoms with E-state index in [1.54, 1.807) is 18.2 Å². The number of imidazole rings is 1. The molecule has 0 bridgehead atoms. The van der Waals surface area contributed by atoms with Gasteiger partial charge in [-0.1, -0.05) is 24.3 Å². The Labute approximate surface area is 138 Å². The van der Waals surface area contributed by atoms with Gasteiger partial charge in [0.25, 0.3) is 5.69 Å². The summed E-state index contributed by atoms with van der Waals surface area (Å²) in [6, 6.07) is 12.0. The number of amides is 1. The van der Waals surface area contributed by atoms with E-state index >= 15 is 0 Å². The second-order valence-electron chi connectivity index (χ2n) is 5.47. The molecule has 122 valence electrons. The number of rotatable bonds is 5. The fourth-order valence-electron chi connectivity index (χ4n) is 2.55. The van der Waals surface area contributed by atoms with Crippen molar-refractivity contribution < 1.29 is 9.72 Å². The van der Waals surface area contributed by atoms with Gasteiger partial charge in [-0.15, -0.1) is 0 Å². The van der Waals surface area contributed by atoms with E-state index in [0.717, 1.165) is 17.0 Å². The number of pyridine rings is 1. The Kier molecular flexibility index (Phi) is 4.24. The van der Waals surface area contributed by atoms with Crippen molar-refractivity contribution in [2.75, 3.05) is 0 Å². The topological polar surface area (TPSA) is 89.5 Å². The molecule has 0 aliphatic heterocycles. The predicted octanol–water partition coefficient (Wildman–Crippen LogP) is 2.41. The maximum absolute atomic E-state index is 12.1. The van der Waals surface area contributed by atoms with Gasteiger partial charge in [-0.2, -0.15) is 0 Å². The number of carbonyl (C=O) groups is 1. The Morgan fingerprint density at radius 3 is 2.79 bits per heavy atom. The van der Waals surface area contributed by atoms with E-state index < -0.39 is 4.92 Å². The van der Waals surface area contributed by atoms with Gasteiger partial charge in [-0.3, -0.25) is 14.9 Å². The van der Waals surface area contributed by atoms with E-state index in [2.05, 4.69) is 10.3 Å². The second-order valence-corrected chi connectivity index (χ2v) is 5.47. The molecule has 0 aliphatic rings. The highest BCUT2D eigenvalue weighted by Crippen LogP contribution is 2.18. The monoisotopic (exact) mass is 324 g/mol. The summed E-state index contributed by atoms with van der Waals surface area (Å²) < 4.78 is 1.95. The first-order chi connectivity index (χ1) is 11.5. The minimum atomic E-state index is -0.479. The van der Waals surface area contributed by atoms with Gasteiger partial charge >= 0.3 is 0 Å². The summed E-state index contributed by atoms with van der Waals surface area (Å²) in [6.07, 6.45) is 1.83. The first kappa shape index (κ1) is 15.7. The van der Waals surface area contributed by atoms with E-state index in [9.17, 15) is 14.9 Å². The van der Waals surface area contributed by atoms with E-state index in [-0.39, 0.29) is 24.6 Å². The number of nitrogens with zero attached hydrogens (tertiary/aromatic N) is 3. The van der Waals surface area contributed by atoms with Crippen LogP contribution in [0.2, 0.25) is 0 Å². The number of hydrogen-bond acceptors (Lipinski definition) is 4. The van der Waals surface area contributed by atoms with Crippen LogP contribution in [0.3, 0.4) is 0 Å². The zero-order chi connectivity index (χ0) is 17.1. The Balaban J connectivity index is 1.67. The maximum atomic E-state index is 12.1. The fraction of sp³-hybridized carbons (Fsp3) is 0.176. The first-order valence-corrected chi connectivity index (χ1v) is 7.47. The third kappa shape index (κ3) is 3.24. The Hall–Kier alpha value is -3.22. The first-order valence-electron chi connectivity index (χ1n) is 7.47. The number of fused-ring (bicyclic) bond motifs is 1. The lowest BCUT2D eigenvalue weighted by Crippen LogP contribution is -2.25. The quantitative estimate of drug-likeness (QED) is 0.576.